The number of rotatable bonds is 1. The third-order valence-corrected chi connectivity index (χ3v) is 7.10. The Kier molecular flexibility index (Phi) is 4.77. The summed E-state index contributed by atoms with van der Waals surface area (Å²) in [7, 11) is 0. The van der Waals surface area contributed by atoms with E-state index in [9.17, 15) is 0 Å². The molecule has 1 aliphatic carbocycles. The number of nitrogens with zero attached hydrogens (tertiary/aromatic N) is 1. The molecule has 0 spiro atoms. The van der Waals surface area contributed by atoms with E-state index in [1.54, 1.807) is 0 Å². The first-order valence-electron chi connectivity index (χ1n) is 10.8. The predicted molar refractivity (Wildman–Crippen MR) is 135 cm³/mol. The average Bonchev–Trinajstić information content (AvgIpc) is 2.82. The van der Waals surface area contributed by atoms with Crippen LogP contribution in [0.5, 0.6) is 0 Å². The first-order valence-corrected chi connectivity index (χ1v) is 12.5. The topological polar surface area (TPSA) is 12.9 Å². The average molecular weight is 603 g/mol. The van der Waals surface area contributed by atoms with Crippen molar-refractivity contribution in [1.29, 1.82) is 0 Å². The minimum absolute atomic E-state index is 1.05. The van der Waals surface area contributed by atoms with Crippen molar-refractivity contribution < 1.29 is 0 Å². The van der Waals surface area contributed by atoms with Crippen molar-refractivity contribution in [2.75, 3.05) is 0 Å². The Bertz CT molecular complexity index is 1470. The van der Waals surface area contributed by atoms with Crippen molar-refractivity contribution in [3.8, 4) is 55.8 Å². The van der Waals surface area contributed by atoms with Crippen molar-refractivity contribution in [3.05, 3.63) is 109 Å². The number of aryl methyl sites for hydroxylation is 1. The van der Waals surface area contributed by atoms with E-state index >= 15 is 0 Å². The second-order valence-electron chi connectivity index (χ2n) is 8.29. The van der Waals surface area contributed by atoms with Crippen LogP contribution in [0.25, 0.3) is 55.8 Å². The number of hydrogen-bond donors (Lipinski definition) is 0. The van der Waals surface area contributed by atoms with E-state index < -0.39 is 0 Å². The van der Waals surface area contributed by atoms with E-state index in [0.717, 1.165) is 9.10 Å². The van der Waals surface area contributed by atoms with Gasteiger partial charge in [0, 0.05) is 0 Å². The van der Waals surface area contributed by atoms with Crippen molar-refractivity contribution in [2.24, 2.45) is 0 Å². The van der Waals surface area contributed by atoms with Crippen molar-refractivity contribution in [2.45, 2.75) is 6.92 Å². The summed E-state index contributed by atoms with van der Waals surface area (Å²) in [6.45, 7) is 2.15. The van der Waals surface area contributed by atoms with E-state index in [-0.39, 0.29) is 0 Å². The van der Waals surface area contributed by atoms with E-state index in [4.69, 9.17) is 4.98 Å². The third kappa shape index (κ3) is 3.22. The van der Waals surface area contributed by atoms with Gasteiger partial charge in [0.1, 0.15) is 0 Å². The molecule has 1 nitrogen and oxygen atoms in total. The molecule has 2 radical (unpaired) electrons. The summed E-state index contributed by atoms with van der Waals surface area (Å²) in [5, 5.41) is 0. The number of aromatic nitrogens is 1. The Labute approximate surface area is 203 Å². The number of fused-ring (bicyclic) bond motifs is 8. The summed E-state index contributed by atoms with van der Waals surface area (Å²) in [4.78, 5) is 4.88. The van der Waals surface area contributed by atoms with Crippen LogP contribution in [0.2, 0.25) is 0 Å². The molecule has 0 saturated heterocycles. The maximum atomic E-state index is 4.88. The summed E-state index contributed by atoms with van der Waals surface area (Å²) in [6, 6.07) is 37.5. The SMILES string of the molecule is Cc1c[c]([Bi])nc(-c2ccc3c(c2)-c2ccccc2-c2ccccc2-c2ccccc2-3)c1. The number of benzene rings is 4. The Morgan fingerprint density at radius 1 is 0.500 bits per heavy atom. The molecule has 0 bridgehead atoms. The molecule has 0 amide bonds. The molecule has 0 N–H and O–H groups in total. The molecule has 0 unspecified atom stereocenters. The molecule has 5 aromatic rings. The molecule has 4 aromatic carbocycles. The zero-order chi connectivity index (χ0) is 21.7. The van der Waals surface area contributed by atoms with Crippen LogP contribution in [0.15, 0.2) is 103 Å². The summed E-state index contributed by atoms with van der Waals surface area (Å²) in [5.74, 6) is 0. The zero-order valence-corrected chi connectivity index (χ0v) is 21.2. The molecule has 2 heteroatoms. The van der Waals surface area contributed by atoms with Gasteiger partial charge in [0.15, 0.2) is 0 Å². The molecule has 6 rings (SSSR count). The molecule has 1 aromatic heterocycles. The first kappa shape index (κ1) is 19.6. The van der Waals surface area contributed by atoms with Gasteiger partial charge in [-0.1, -0.05) is 0 Å². The molecular weight excluding hydrogens is 583 g/mol. The number of hydrogen-bond acceptors (Lipinski definition) is 1. The fourth-order valence-electron chi connectivity index (χ4n) is 4.82. The van der Waals surface area contributed by atoms with Crippen LogP contribution in [0.3, 0.4) is 0 Å². The van der Waals surface area contributed by atoms with E-state index in [1.165, 1.54) is 80.4 Å². The van der Waals surface area contributed by atoms with Crippen LogP contribution in [-0.4, -0.2) is 29.7 Å². The summed E-state index contributed by atoms with van der Waals surface area (Å²) < 4.78 is 1.16. The normalized spacial score (nSPS) is 11.4. The monoisotopic (exact) mass is 603 g/mol. The quantitative estimate of drug-likeness (QED) is 0.188. The fourth-order valence-corrected chi connectivity index (χ4v) is 6.03. The van der Waals surface area contributed by atoms with Crippen LogP contribution >= 0.6 is 0 Å². The van der Waals surface area contributed by atoms with Gasteiger partial charge in [-0.3, -0.25) is 0 Å². The maximum absolute atomic E-state index is 4.88. The van der Waals surface area contributed by atoms with Crippen molar-refractivity contribution in [3.63, 3.8) is 0 Å². The molecule has 1 heterocycles. The summed E-state index contributed by atoms with van der Waals surface area (Å²) in [5.41, 5.74) is 13.7. The van der Waals surface area contributed by atoms with Gasteiger partial charge in [0.25, 0.3) is 0 Å². The number of pyridine rings is 1. The van der Waals surface area contributed by atoms with E-state index in [0.29, 0.717) is 0 Å². The molecule has 150 valence electrons. The first-order chi connectivity index (χ1) is 15.7. The second-order valence-corrected chi connectivity index (χ2v) is 10.1. The molecule has 0 atom stereocenters. The van der Waals surface area contributed by atoms with Crippen LogP contribution < -0.4 is 3.40 Å². The standard InChI is InChI=1S/C30H20N.Bi/c1-20-16-17-31-30(18-20)21-14-15-28-26-12-5-4-10-24(26)22-8-2-3-9-23(22)25-11-6-7-13-27(25)29(28)19-21;/h2-16,18-19H,1H3;. The van der Waals surface area contributed by atoms with Gasteiger partial charge >= 0.3 is 204 Å². The van der Waals surface area contributed by atoms with Gasteiger partial charge in [-0.05, 0) is 0 Å². The summed E-state index contributed by atoms with van der Waals surface area (Å²) in [6.07, 6.45) is 0. The molecule has 0 aliphatic heterocycles. The molecule has 1 aliphatic rings. The Balaban J connectivity index is 1.71. The predicted octanol–water partition coefficient (Wildman–Crippen LogP) is 6.83. The van der Waals surface area contributed by atoms with Crippen LogP contribution in [0.4, 0.5) is 0 Å². The van der Waals surface area contributed by atoms with Crippen molar-refractivity contribution >= 4 is 28.1 Å². The van der Waals surface area contributed by atoms with Crippen molar-refractivity contribution in [1.82, 2.24) is 4.98 Å². The molecule has 0 saturated carbocycles. The van der Waals surface area contributed by atoms with Gasteiger partial charge in [0.05, 0.1) is 0 Å². The van der Waals surface area contributed by atoms with E-state index in [2.05, 4.69) is 110 Å². The van der Waals surface area contributed by atoms with E-state index in [1.807, 2.05) is 0 Å². The van der Waals surface area contributed by atoms with Gasteiger partial charge in [0.2, 0.25) is 0 Å². The molecular formula is C30H20BiN. The van der Waals surface area contributed by atoms with Gasteiger partial charge in [-0.15, -0.1) is 0 Å². The third-order valence-electron chi connectivity index (χ3n) is 6.21. The molecule has 0 fully saturated rings. The van der Waals surface area contributed by atoms with Crippen LogP contribution in [0.1, 0.15) is 5.56 Å². The zero-order valence-electron chi connectivity index (χ0n) is 17.7. The minimum atomic E-state index is 1.05. The van der Waals surface area contributed by atoms with Gasteiger partial charge in [-0.25, -0.2) is 0 Å². The van der Waals surface area contributed by atoms with Crippen LogP contribution in [0, 0.1) is 6.92 Å². The Morgan fingerprint density at radius 3 is 1.41 bits per heavy atom. The Morgan fingerprint density at radius 2 is 0.938 bits per heavy atom. The summed E-state index contributed by atoms with van der Waals surface area (Å²) >= 11 is 1.17. The van der Waals surface area contributed by atoms with Crippen LogP contribution in [-0.2, 0) is 0 Å². The Hall–Kier alpha value is -3.09. The second kappa shape index (κ2) is 7.80. The van der Waals surface area contributed by atoms with Gasteiger partial charge in [-0.2, -0.15) is 0 Å². The van der Waals surface area contributed by atoms with Gasteiger partial charge < -0.3 is 0 Å². The molecule has 32 heavy (non-hydrogen) atoms. The fraction of sp³-hybridized carbons (Fsp3) is 0.0333.